The molecule has 4 aromatic rings. The molecular formula is C35H31N. The Morgan fingerprint density at radius 2 is 1.22 bits per heavy atom. The molecule has 1 aliphatic heterocycles. The van der Waals surface area contributed by atoms with E-state index in [1.54, 1.807) is 16.7 Å². The fraction of sp³-hybridized carbons (Fsp3) is 0.314. The molecule has 0 saturated heterocycles. The first-order valence-corrected chi connectivity index (χ1v) is 13.6. The second-order valence-electron chi connectivity index (χ2n) is 13.2. The largest absolute Gasteiger partial charge is 0.355 e. The maximum absolute atomic E-state index is 3.97. The van der Waals surface area contributed by atoms with Crippen LogP contribution in [0.15, 0.2) is 78.9 Å². The number of fused-ring (bicyclic) bond motifs is 6. The van der Waals surface area contributed by atoms with E-state index in [4.69, 9.17) is 0 Å². The van der Waals surface area contributed by atoms with Gasteiger partial charge in [0, 0.05) is 22.7 Å². The molecule has 0 aromatic heterocycles. The minimum absolute atomic E-state index is 0.00195. The van der Waals surface area contributed by atoms with Crippen molar-refractivity contribution in [1.82, 2.24) is 0 Å². The van der Waals surface area contributed by atoms with E-state index in [1.165, 1.54) is 57.6 Å². The summed E-state index contributed by atoms with van der Waals surface area (Å²) in [7, 11) is 0. The lowest BCUT2D eigenvalue weighted by Crippen LogP contribution is -2.64. The Kier molecular flexibility index (Phi) is 3.11. The molecule has 1 N–H and O–H groups in total. The summed E-state index contributed by atoms with van der Waals surface area (Å²) in [5.74, 6) is 0.423. The van der Waals surface area contributed by atoms with E-state index in [1.807, 2.05) is 0 Å². The summed E-state index contributed by atoms with van der Waals surface area (Å²) >= 11 is 0. The number of anilines is 2. The van der Waals surface area contributed by atoms with Crippen LogP contribution in [0.25, 0.3) is 0 Å². The van der Waals surface area contributed by atoms with Crippen molar-refractivity contribution >= 4 is 11.4 Å². The van der Waals surface area contributed by atoms with Crippen LogP contribution in [0.5, 0.6) is 0 Å². The van der Waals surface area contributed by atoms with Gasteiger partial charge in [0.15, 0.2) is 0 Å². The molecule has 1 nitrogen and oxygen atoms in total. The second kappa shape index (κ2) is 5.65. The molecule has 36 heavy (non-hydrogen) atoms. The van der Waals surface area contributed by atoms with E-state index in [0.29, 0.717) is 5.92 Å². The second-order valence-corrected chi connectivity index (χ2v) is 13.2. The van der Waals surface area contributed by atoms with Crippen molar-refractivity contribution < 1.29 is 0 Å². The van der Waals surface area contributed by atoms with E-state index in [0.717, 1.165) is 0 Å². The van der Waals surface area contributed by atoms with Crippen molar-refractivity contribution in [2.45, 2.75) is 68.1 Å². The zero-order chi connectivity index (χ0) is 24.2. The first-order chi connectivity index (χ1) is 17.3. The lowest BCUT2D eigenvalue weighted by Gasteiger charge is -2.66. The van der Waals surface area contributed by atoms with E-state index in [9.17, 15) is 0 Å². The summed E-state index contributed by atoms with van der Waals surface area (Å²) in [4.78, 5) is 0. The van der Waals surface area contributed by atoms with Gasteiger partial charge >= 0.3 is 0 Å². The van der Waals surface area contributed by atoms with Crippen molar-refractivity contribution in [3.63, 3.8) is 0 Å². The van der Waals surface area contributed by atoms with Crippen molar-refractivity contribution in [2.24, 2.45) is 0 Å². The van der Waals surface area contributed by atoms with E-state index in [2.05, 4.69) is 112 Å². The zero-order valence-corrected chi connectivity index (χ0v) is 21.5. The van der Waals surface area contributed by atoms with Gasteiger partial charge in [-0.15, -0.1) is 0 Å². The van der Waals surface area contributed by atoms with Crippen LogP contribution >= 0.6 is 0 Å². The molecule has 0 saturated carbocycles. The molecule has 0 radical (unpaired) electrons. The Balaban J connectivity index is 1.47. The monoisotopic (exact) mass is 465 g/mol. The summed E-state index contributed by atoms with van der Waals surface area (Å²) in [5, 5.41) is 3.97. The van der Waals surface area contributed by atoms with Crippen molar-refractivity contribution in [3.05, 3.63) is 129 Å². The highest BCUT2D eigenvalue weighted by molar-refractivity contribution is 5.94. The molecule has 0 fully saturated rings. The number of benzene rings is 4. The molecule has 4 aliphatic carbocycles. The summed E-state index contributed by atoms with van der Waals surface area (Å²) in [6, 6.07) is 30.8. The van der Waals surface area contributed by atoms with Gasteiger partial charge in [0.1, 0.15) is 0 Å². The number of hydrogen-bond donors (Lipinski definition) is 1. The average Bonchev–Trinajstić information content (AvgIpc) is 3.05. The first-order valence-electron chi connectivity index (χ1n) is 13.6. The minimum atomic E-state index is -0.123. The molecule has 4 aromatic carbocycles. The molecule has 5 aliphatic rings. The molecule has 3 unspecified atom stereocenters. The van der Waals surface area contributed by atoms with Crippen LogP contribution in [0, 0.1) is 0 Å². The Labute approximate surface area is 213 Å². The molecular weight excluding hydrogens is 434 g/mol. The molecule has 3 atom stereocenters. The molecule has 1 heteroatoms. The van der Waals surface area contributed by atoms with E-state index < -0.39 is 0 Å². The predicted molar refractivity (Wildman–Crippen MR) is 147 cm³/mol. The summed E-state index contributed by atoms with van der Waals surface area (Å²) in [6.45, 7) is 9.80. The third kappa shape index (κ3) is 1.74. The molecule has 2 spiro atoms. The predicted octanol–water partition coefficient (Wildman–Crippen LogP) is 8.19. The number of nitrogens with one attached hydrogen (secondary N) is 1. The summed E-state index contributed by atoms with van der Waals surface area (Å²) in [5.41, 5.74) is 16.7. The van der Waals surface area contributed by atoms with Crippen molar-refractivity contribution in [2.75, 3.05) is 5.32 Å². The highest BCUT2D eigenvalue weighted by Crippen LogP contribution is 2.83. The van der Waals surface area contributed by atoms with E-state index in [-0.39, 0.29) is 21.7 Å². The topological polar surface area (TPSA) is 12.0 Å². The summed E-state index contributed by atoms with van der Waals surface area (Å²) < 4.78 is 0. The lowest BCUT2D eigenvalue weighted by atomic mass is 9.34. The third-order valence-electron chi connectivity index (χ3n) is 10.9. The van der Waals surface area contributed by atoms with Gasteiger partial charge in [-0.05, 0) is 85.9 Å². The standard InChI is InChI=1S/C35H31N/c1-32(2)16-17-33(3,4)26-19-29-27(18-25(26)32)35-24-14-8-7-13-23(24)34(35)22-12-6-5-10-20(22)30(34)21-11-9-15-28(36-29)31(21)35/h5-15,18-19,30,36H,16-17H2,1-4H3. The van der Waals surface area contributed by atoms with Gasteiger partial charge in [-0.25, -0.2) is 0 Å². The van der Waals surface area contributed by atoms with Gasteiger partial charge < -0.3 is 5.32 Å². The smallest absolute Gasteiger partial charge is 0.0644 e. The van der Waals surface area contributed by atoms with Crippen LogP contribution in [0.4, 0.5) is 11.4 Å². The molecule has 0 amide bonds. The SMILES string of the molecule is CC1(C)CCC(C)(C)c2cc3c(cc21)Nc1cccc2c1C31c3ccccc3C13c1ccccc1C23. The highest BCUT2D eigenvalue weighted by atomic mass is 14.9. The van der Waals surface area contributed by atoms with Crippen LogP contribution < -0.4 is 5.32 Å². The maximum atomic E-state index is 3.97. The van der Waals surface area contributed by atoms with Gasteiger partial charge in [-0.1, -0.05) is 94.4 Å². The van der Waals surface area contributed by atoms with Crippen LogP contribution in [0.2, 0.25) is 0 Å². The Morgan fingerprint density at radius 3 is 2.00 bits per heavy atom. The quantitative estimate of drug-likeness (QED) is 0.276. The Bertz CT molecular complexity index is 1690. The Morgan fingerprint density at radius 1 is 0.583 bits per heavy atom. The van der Waals surface area contributed by atoms with Crippen LogP contribution in [-0.4, -0.2) is 0 Å². The van der Waals surface area contributed by atoms with Gasteiger partial charge in [0.05, 0.1) is 5.41 Å². The van der Waals surface area contributed by atoms with Crippen LogP contribution in [0.3, 0.4) is 0 Å². The average molecular weight is 466 g/mol. The van der Waals surface area contributed by atoms with Crippen LogP contribution in [0.1, 0.15) is 96.5 Å². The summed E-state index contributed by atoms with van der Waals surface area (Å²) in [6.07, 6.45) is 2.47. The minimum Gasteiger partial charge on any atom is -0.355 e. The van der Waals surface area contributed by atoms with Crippen molar-refractivity contribution in [3.8, 4) is 0 Å². The fourth-order valence-corrected chi connectivity index (χ4v) is 9.37. The lowest BCUT2D eigenvalue weighted by molar-refractivity contribution is 0.256. The molecule has 1 heterocycles. The Hall–Kier alpha value is -3.32. The maximum Gasteiger partial charge on any atom is 0.0644 e. The highest BCUT2D eigenvalue weighted by Gasteiger charge is 2.79. The fourth-order valence-electron chi connectivity index (χ4n) is 9.37. The molecule has 9 rings (SSSR count). The van der Waals surface area contributed by atoms with E-state index >= 15 is 0 Å². The van der Waals surface area contributed by atoms with Gasteiger partial charge in [-0.2, -0.15) is 0 Å². The van der Waals surface area contributed by atoms with Crippen LogP contribution in [-0.2, 0) is 21.7 Å². The van der Waals surface area contributed by atoms with Gasteiger partial charge in [-0.3, -0.25) is 0 Å². The molecule has 176 valence electrons. The normalized spacial score (nSPS) is 29.5. The molecule has 0 bridgehead atoms. The van der Waals surface area contributed by atoms with Gasteiger partial charge in [0.25, 0.3) is 0 Å². The zero-order valence-electron chi connectivity index (χ0n) is 21.5. The number of rotatable bonds is 0. The first kappa shape index (κ1) is 19.8. The van der Waals surface area contributed by atoms with Crippen molar-refractivity contribution in [1.29, 1.82) is 0 Å². The number of hydrogen-bond acceptors (Lipinski definition) is 1. The third-order valence-corrected chi connectivity index (χ3v) is 10.9. The van der Waals surface area contributed by atoms with Gasteiger partial charge in [0.2, 0.25) is 0 Å².